The summed E-state index contributed by atoms with van der Waals surface area (Å²) in [6.07, 6.45) is 0. The van der Waals surface area contributed by atoms with Gasteiger partial charge in [-0.2, -0.15) is 0 Å². The zero-order valence-corrected chi connectivity index (χ0v) is 19.8. The van der Waals surface area contributed by atoms with Gasteiger partial charge >= 0.3 is 0 Å². The number of H-pyrrole nitrogens is 1. The molecule has 160 valence electrons. The number of rotatable bonds is 5. The standard InChI is InChI=1S/C22H20Cl2N4OS2/c23-17-4-2-1-3-15(17)16-13-30-22-20(16)21(29)25-19(26-22)12-28-9-7-27(8-10-28)11-14-5-6-18(24)31-14/h1-6,13H,7-12H2,(H,25,26,29). The number of fused-ring (bicyclic) bond motifs is 1. The van der Waals surface area contributed by atoms with E-state index in [4.69, 9.17) is 28.2 Å². The number of nitrogens with one attached hydrogen (secondary N) is 1. The largest absolute Gasteiger partial charge is 0.309 e. The van der Waals surface area contributed by atoms with E-state index in [2.05, 4.69) is 20.9 Å². The lowest BCUT2D eigenvalue weighted by Crippen LogP contribution is -2.45. The van der Waals surface area contributed by atoms with Gasteiger partial charge in [0.05, 0.1) is 16.3 Å². The molecular weight excluding hydrogens is 471 g/mol. The molecule has 0 spiro atoms. The van der Waals surface area contributed by atoms with E-state index in [0.717, 1.165) is 53.0 Å². The van der Waals surface area contributed by atoms with Crippen LogP contribution >= 0.6 is 45.9 Å². The van der Waals surface area contributed by atoms with E-state index in [1.807, 2.05) is 35.7 Å². The summed E-state index contributed by atoms with van der Waals surface area (Å²) in [7, 11) is 0. The maximum atomic E-state index is 12.9. The summed E-state index contributed by atoms with van der Waals surface area (Å²) in [5, 5.41) is 3.21. The van der Waals surface area contributed by atoms with Crippen molar-refractivity contribution in [2.24, 2.45) is 0 Å². The molecule has 3 aromatic heterocycles. The Morgan fingerprint density at radius 3 is 2.42 bits per heavy atom. The van der Waals surface area contributed by atoms with Crippen LogP contribution in [0.1, 0.15) is 10.7 Å². The first-order valence-corrected chi connectivity index (χ1v) is 12.5. The SMILES string of the molecule is O=c1[nH]c(CN2CCN(Cc3ccc(Cl)s3)CC2)nc2scc(-c3ccccc3Cl)c12. The van der Waals surface area contributed by atoms with Crippen LogP contribution in [0.4, 0.5) is 0 Å². The van der Waals surface area contributed by atoms with Crippen molar-refractivity contribution in [3.63, 3.8) is 0 Å². The molecule has 0 radical (unpaired) electrons. The van der Waals surface area contributed by atoms with E-state index < -0.39 is 0 Å². The predicted octanol–water partition coefficient (Wildman–Crippen LogP) is 5.34. The molecule has 1 fully saturated rings. The van der Waals surface area contributed by atoms with Crippen LogP contribution < -0.4 is 5.56 Å². The lowest BCUT2D eigenvalue weighted by Gasteiger charge is -2.34. The minimum absolute atomic E-state index is 0.107. The monoisotopic (exact) mass is 490 g/mol. The van der Waals surface area contributed by atoms with Crippen molar-refractivity contribution in [3.05, 3.63) is 72.2 Å². The van der Waals surface area contributed by atoms with Gasteiger partial charge in [0.25, 0.3) is 5.56 Å². The highest BCUT2D eigenvalue weighted by Gasteiger charge is 2.20. The molecule has 5 nitrogen and oxygen atoms in total. The maximum absolute atomic E-state index is 12.9. The van der Waals surface area contributed by atoms with Gasteiger partial charge in [0.15, 0.2) is 0 Å². The second kappa shape index (κ2) is 9.02. The van der Waals surface area contributed by atoms with E-state index in [-0.39, 0.29) is 5.56 Å². The predicted molar refractivity (Wildman–Crippen MR) is 131 cm³/mol. The Bertz CT molecular complexity index is 1270. The fourth-order valence-corrected chi connectivity index (χ4v) is 6.25. The average Bonchev–Trinajstić information content (AvgIpc) is 3.36. The molecule has 5 rings (SSSR count). The normalized spacial score (nSPS) is 15.7. The Hall–Kier alpha value is -1.74. The number of benzene rings is 1. The molecular formula is C22H20Cl2N4OS2. The summed E-state index contributed by atoms with van der Waals surface area (Å²) in [4.78, 5) is 27.5. The molecule has 0 atom stereocenters. The molecule has 1 saturated heterocycles. The summed E-state index contributed by atoms with van der Waals surface area (Å²) >= 11 is 15.5. The molecule has 1 aromatic carbocycles. The first kappa shape index (κ1) is 21.1. The molecule has 31 heavy (non-hydrogen) atoms. The first-order chi connectivity index (χ1) is 15.1. The molecule has 0 amide bonds. The maximum Gasteiger partial charge on any atom is 0.260 e. The number of hydrogen-bond donors (Lipinski definition) is 1. The third kappa shape index (κ3) is 4.58. The molecule has 4 aromatic rings. The third-order valence-electron chi connectivity index (χ3n) is 5.50. The summed E-state index contributed by atoms with van der Waals surface area (Å²) in [5.41, 5.74) is 1.59. The van der Waals surface area contributed by atoms with E-state index in [1.54, 1.807) is 11.3 Å². The minimum atomic E-state index is -0.107. The molecule has 0 bridgehead atoms. The van der Waals surface area contributed by atoms with E-state index in [1.165, 1.54) is 16.2 Å². The van der Waals surface area contributed by atoms with Crippen LogP contribution in [0.2, 0.25) is 9.36 Å². The minimum Gasteiger partial charge on any atom is -0.309 e. The number of halogens is 2. The van der Waals surface area contributed by atoms with Crippen LogP contribution in [0.15, 0.2) is 46.6 Å². The number of thiophene rings is 2. The molecule has 1 N–H and O–H groups in total. The van der Waals surface area contributed by atoms with Crippen LogP contribution in [0.3, 0.4) is 0 Å². The Balaban J connectivity index is 1.29. The van der Waals surface area contributed by atoms with E-state index in [0.29, 0.717) is 22.8 Å². The molecule has 1 aliphatic rings. The lowest BCUT2D eigenvalue weighted by atomic mass is 10.1. The van der Waals surface area contributed by atoms with Crippen molar-refractivity contribution in [3.8, 4) is 11.1 Å². The highest BCUT2D eigenvalue weighted by atomic mass is 35.5. The van der Waals surface area contributed by atoms with Gasteiger partial charge in [0.2, 0.25) is 0 Å². The molecule has 1 aliphatic heterocycles. The Kier molecular flexibility index (Phi) is 6.14. The Morgan fingerprint density at radius 2 is 1.71 bits per heavy atom. The fourth-order valence-electron chi connectivity index (χ4n) is 3.92. The zero-order valence-electron chi connectivity index (χ0n) is 16.6. The van der Waals surface area contributed by atoms with Crippen molar-refractivity contribution in [2.75, 3.05) is 26.2 Å². The molecule has 0 unspecified atom stereocenters. The van der Waals surface area contributed by atoms with Gasteiger partial charge in [0, 0.05) is 59.1 Å². The van der Waals surface area contributed by atoms with Crippen molar-refractivity contribution in [1.29, 1.82) is 0 Å². The number of aromatic nitrogens is 2. The van der Waals surface area contributed by atoms with Gasteiger partial charge in [0.1, 0.15) is 10.7 Å². The van der Waals surface area contributed by atoms with Gasteiger partial charge in [-0.15, -0.1) is 22.7 Å². The summed E-state index contributed by atoms with van der Waals surface area (Å²) in [6, 6.07) is 11.6. The number of hydrogen-bond acceptors (Lipinski definition) is 6. The summed E-state index contributed by atoms with van der Waals surface area (Å²) in [6.45, 7) is 5.43. The second-order valence-corrected chi connectivity index (χ2v) is 10.6. The highest BCUT2D eigenvalue weighted by molar-refractivity contribution is 7.17. The number of aromatic amines is 1. The number of nitrogens with zero attached hydrogens (tertiary/aromatic N) is 3. The van der Waals surface area contributed by atoms with Crippen LogP contribution in [0.5, 0.6) is 0 Å². The highest BCUT2D eigenvalue weighted by Crippen LogP contribution is 2.34. The quantitative estimate of drug-likeness (QED) is 0.410. The lowest BCUT2D eigenvalue weighted by molar-refractivity contribution is 0.120. The van der Waals surface area contributed by atoms with Gasteiger partial charge in [-0.25, -0.2) is 4.98 Å². The van der Waals surface area contributed by atoms with Gasteiger partial charge in [-0.3, -0.25) is 14.6 Å². The van der Waals surface area contributed by atoms with E-state index >= 15 is 0 Å². The van der Waals surface area contributed by atoms with Crippen molar-refractivity contribution < 1.29 is 0 Å². The number of piperazine rings is 1. The molecule has 0 aliphatic carbocycles. The van der Waals surface area contributed by atoms with E-state index in [9.17, 15) is 4.79 Å². The average molecular weight is 491 g/mol. The zero-order chi connectivity index (χ0) is 21.4. The molecule has 4 heterocycles. The second-order valence-electron chi connectivity index (χ2n) is 7.58. The molecule has 9 heteroatoms. The first-order valence-electron chi connectivity index (χ1n) is 10.0. The van der Waals surface area contributed by atoms with Crippen LogP contribution in [-0.4, -0.2) is 45.9 Å². The van der Waals surface area contributed by atoms with Gasteiger partial charge < -0.3 is 4.98 Å². The smallest absolute Gasteiger partial charge is 0.260 e. The topological polar surface area (TPSA) is 52.2 Å². The third-order valence-corrected chi connectivity index (χ3v) is 7.92. The Labute approximate surface area is 197 Å². The van der Waals surface area contributed by atoms with Crippen molar-refractivity contribution in [1.82, 2.24) is 19.8 Å². The van der Waals surface area contributed by atoms with Crippen LogP contribution in [0, 0.1) is 0 Å². The van der Waals surface area contributed by atoms with Crippen LogP contribution in [0.25, 0.3) is 21.3 Å². The Morgan fingerprint density at radius 1 is 0.968 bits per heavy atom. The van der Waals surface area contributed by atoms with Gasteiger partial charge in [-0.1, -0.05) is 41.4 Å². The van der Waals surface area contributed by atoms with Crippen molar-refractivity contribution in [2.45, 2.75) is 13.1 Å². The van der Waals surface area contributed by atoms with Gasteiger partial charge in [-0.05, 0) is 18.2 Å². The molecule has 0 saturated carbocycles. The summed E-state index contributed by atoms with van der Waals surface area (Å²) in [5.74, 6) is 0.712. The van der Waals surface area contributed by atoms with Crippen LogP contribution in [-0.2, 0) is 13.1 Å². The van der Waals surface area contributed by atoms with Crippen molar-refractivity contribution >= 4 is 56.1 Å². The summed E-state index contributed by atoms with van der Waals surface area (Å²) < 4.78 is 0.838. The fraction of sp³-hybridized carbons (Fsp3) is 0.273.